The summed E-state index contributed by atoms with van der Waals surface area (Å²) in [5.74, 6) is -0.215. The lowest BCUT2D eigenvalue weighted by Gasteiger charge is -2.25. The van der Waals surface area contributed by atoms with E-state index in [4.69, 9.17) is 4.74 Å². The molecule has 0 aromatic rings. The molecule has 1 atom stereocenters. The van der Waals surface area contributed by atoms with Crippen LogP contribution < -0.4 is 0 Å². The number of allylic oxidation sites excluding steroid dienone is 3. The van der Waals surface area contributed by atoms with Crippen LogP contribution in [0.5, 0.6) is 0 Å². The van der Waals surface area contributed by atoms with Crippen LogP contribution in [0.15, 0.2) is 35.5 Å². The van der Waals surface area contributed by atoms with Crippen LogP contribution in [0.1, 0.15) is 26.2 Å². The van der Waals surface area contributed by atoms with Gasteiger partial charge in [-0.25, -0.2) is 0 Å². The first-order valence-electron chi connectivity index (χ1n) is 5.02. The normalized spacial score (nSPS) is 24.8. The molecular formula is C12H14O2. The van der Waals surface area contributed by atoms with Crippen molar-refractivity contribution < 1.29 is 9.53 Å². The average molecular weight is 190 g/mol. The predicted molar refractivity (Wildman–Crippen MR) is 54.7 cm³/mol. The number of fused-ring (bicyclic) bond motifs is 1. The van der Waals surface area contributed by atoms with E-state index >= 15 is 0 Å². The van der Waals surface area contributed by atoms with E-state index in [1.165, 1.54) is 24.5 Å². The Morgan fingerprint density at radius 2 is 2.43 bits per heavy atom. The summed E-state index contributed by atoms with van der Waals surface area (Å²) in [6, 6.07) is 0. The SMILES string of the molecule is CC(=O)OC1C=CC=C2CCCC=C21. The van der Waals surface area contributed by atoms with E-state index < -0.39 is 0 Å². The lowest BCUT2D eigenvalue weighted by Crippen LogP contribution is -2.20. The zero-order valence-electron chi connectivity index (χ0n) is 8.32. The van der Waals surface area contributed by atoms with Gasteiger partial charge in [-0.05, 0) is 36.5 Å². The highest BCUT2D eigenvalue weighted by molar-refractivity contribution is 5.67. The smallest absolute Gasteiger partial charge is 0.303 e. The van der Waals surface area contributed by atoms with Crippen molar-refractivity contribution in [3.8, 4) is 0 Å². The highest BCUT2D eigenvalue weighted by Crippen LogP contribution is 2.31. The van der Waals surface area contributed by atoms with Crippen molar-refractivity contribution in [2.45, 2.75) is 32.3 Å². The van der Waals surface area contributed by atoms with Crippen molar-refractivity contribution in [3.63, 3.8) is 0 Å². The second kappa shape index (κ2) is 3.82. The van der Waals surface area contributed by atoms with Gasteiger partial charge < -0.3 is 4.74 Å². The minimum absolute atomic E-state index is 0.146. The molecule has 2 rings (SSSR count). The molecule has 0 aromatic carbocycles. The molecule has 0 radical (unpaired) electrons. The Morgan fingerprint density at radius 1 is 1.57 bits per heavy atom. The van der Waals surface area contributed by atoms with Crippen LogP contribution >= 0.6 is 0 Å². The van der Waals surface area contributed by atoms with Crippen LogP contribution in [0.25, 0.3) is 0 Å². The lowest BCUT2D eigenvalue weighted by molar-refractivity contribution is -0.142. The maximum absolute atomic E-state index is 10.9. The second-order valence-corrected chi connectivity index (χ2v) is 3.66. The number of carbonyl (C=O) groups is 1. The number of hydrogen-bond donors (Lipinski definition) is 0. The fourth-order valence-electron chi connectivity index (χ4n) is 1.96. The van der Waals surface area contributed by atoms with Gasteiger partial charge in [-0.2, -0.15) is 0 Å². The van der Waals surface area contributed by atoms with Crippen molar-refractivity contribution in [1.82, 2.24) is 0 Å². The maximum Gasteiger partial charge on any atom is 0.303 e. The standard InChI is InChI=1S/C12H14O2/c1-9(13)14-12-8-4-6-10-5-2-3-7-11(10)12/h4,6-8,12H,2-3,5H2,1H3. The summed E-state index contributed by atoms with van der Waals surface area (Å²) in [5.41, 5.74) is 2.51. The highest BCUT2D eigenvalue weighted by atomic mass is 16.5. The van der Waals surface area contributed by atoms with Crippen LogP contribution in [0, 0.1) is 0 Å². The van der Waals surface area contributed by atoms with E-state index in [1.54, 1.807) is 0 Å². The topological polar surface area (TPSA) is 26.3 Å². The summed E-state index contributed by atoms with van der Waals surface area (Å²) in [6.45, 7) is 1.45. The van der Waals surface area contributed by atoms with Crippen molar-refractivity contribution in [2.24, 2.45) is 0 Å². The van der Waals surface area contributed by atoms with E-state index in [-0.39, 0.29) is 12.1 Å². The zero-order valence-corrected chi connectivity index (χ0v) is 8.32. The molecular weight excluding hydrogens is 176 g/mol. The number of rotatable bonds is 1. The zero-order chi connectivity index (χ0) is 9.97. The van der Waals surface area contributed by atoms with Gasteiger partial charge in [0, 0.05) is 6.92 Å². The van der Waals surface area contributed by atoms with Gasteiger partial charge in [0.2, 0.25) is 0 Å². The summed E-state index contributed by atoms with van der Waals surface area (Å²) in [6.07, 6.45) is 11.5. The third kappa shape index (κ3) is 1.79. The molecule has 0 aromatic heterocycles. The first kappa shape index (κ1) is 9.25. The maximum atomic E-state index is 10.9. The molecule has 0 N–H and O–H groups in total. The molecule has 0 saturated carbocycles. The molecule has 2 aliphatic carbocycles. The number of hydrogen-bond acceptors (Lipinski definition) is 2. The molecule has 1 unspecified atom stereocenters. The van der Waals surface area contributed by atoms with Crippen molar-refractivity contribution in [3.05, 3.63) is 35.5 Å². The second-order valence-electron chi connectivity index (χ2n) is 3.66. The van der Waals surface area contributed by atoms with Crippen molar-refractivity contribution in [1.29, 1.82) is 0 Å². The van der Waals surface area contributed by atoms with Crippen LogP contribution in [0.3, 0.4) is 0 Å². The Kier molecular flexibility index (Phi) is 2.53. The van der Waals surface area contributed by atoms with Gasteiger partial charge in [-0.1, -0.05) is 18.2 Å². The van der Waals surface area contributed by atoms with E-state index in [1.807, 2.05) is 12.2 Å². The number of ether oxygens (including phenoxy) is 1. The molecule has 74 valence electrons. The van der Waals surface area contributed by atoms with E-state index in [2.05, 4.69) is 12.2 Å². The molecule has 2 nitrogen and oxygen atoms in total. The summed E-state index contributed by atoms with van der Waals surface area (Å²) < 4.78 is 5.23. The van der Waals surface area contributed by atoms with Gasteiger partial charge in [0.15, 0.2) is 0 Å². The third-order valence-electron chi connectivity index (χ3n) is 2.57. The molecule has 0 amide bonds. The van der Waals surface area contributed by atoms with Gasteiger partial charge >= 0.3 is 5.97 Å². The molecule has 0 heterocycles. The molecule has 0 aliphatic heterocycles. The molecule has 0 fully saturated rings. The monoisotopic (exact) mass is 190 g/mol. The fraction of sp³-hybridized carbons (Fsp3) is 0.417. The minimum Gasteiger partial charge on any atom is -0.453 e. The average Bonchev–Trinajstić information content (AvgIpc) is 2.18. The first-order valence-corrected chi connectivity index (χ1v) is 5.02. The molecule has 2 aliphatic rings. The number of carbonyl (C=O) groups excluding carboxylic acids is 1. The first-order chi connectivity index (χ1) is 6.77. The Morgan fingerprint density at radius 3 is 3.21 bits per heavy atom. The minimum atomic E-state index is -0.215. The van der Waals surface area contributed by atoms with Crippen LogP contribution in [-0.4, -0.2) is 12.1 Å². The van der Waals surface area contributed by atoms with E-state index in [0.717, 1.165) is 12.8 Å². The Balaban J connectivity index is 2.20. The summed E-state index contributed by atoms with van der Waals surface area (Å²) in [7, 11) is 0. The summed E-state index contributed by atoms with van der Waals surface area (Å²) in [4.78, 5) is 10.9. The van der Waals surface area contributed by atoms with Gasteiger partial charge in [0.05, 0.1) is 0 Å². The van der Waals surface area contributed by atoms with Gasteiger partial charge in [-0.15, -0.1) is 0 Å². The van der Waals surface area contributed by atoms with Crippen molar-refractivity contribution in [2.75, 3.05) is 0 Å². The van der Waals surface area contributed by atoms with E-state index in [9.17, 15) is 4.79 Å². The van der Waals surface area contributed by atoms with Gasteiger partial charge in [-0.3, -0.25) is 4.79 Å². The Labute approximate surface area is 83.9 Å². The molecule has 0 saturated heterocycles. The van der Waals surface area contributed by atoms with Gasteiger partial charge in [0.25, 0.3) is 0 Å². The summed E-state index contributed by atoms with van der Waals surface area (Å²) in [5, 5.41) is 0. The largest absolute Gasteiger partial charge is 0.453 e. The molecule has 2 heteroatoms. The third-order valence-corrected chi connectivity index (χ3v) is 2.57. The van der Waals surface area contributed by atoms with Crippen molar-refractivity contribution >= 4 is 5.97 Å². The Bertz CT molecular complexity index is 334. The molecule has 0 bridgehead atoms. The predicted octanol–water partition coefficient (Wildman–Crippen LogP) is 2.52. The van der Waals surface area contributed by atoms with Gasteiger partial charge in [0.1, 0.15) is 6.10 Å². The summed E-state index contributed by atoms with van der Waals surface area (Å²) >= 11 is 0. The fourth-order valence-corrected chi connectivity index (χ4v) is 1.96. The number of esters is 1. The van der Waals surface area contributed by atoms with Crippen LogP contribution in [-0.2, 0) is 9.53 Å². The van der Waals surface area contributed by atoms with Crippen LogP contribution in [0.4, 0.5) is 0 Å². The van der Waals surface area contributed by atoms with Crippen LogP contribution in [0.2, 0.25) is 0 Å². The lowest BCUT2D eigenvalue weighted by atomic mass is 9.87. The molecule has 14 heavy (non-hydrogen) atoms. The highest BCUT2D eigenvalue weighted by Gasteiger charge is 2.21. The van der Waals surface area contributed by atoms with E-state index in [0.29, 0.717) is 0 Å². The Hall–Kier alpha value is -1.31. The quantitative estimate of drug-likeness (QED) is 0.594. The molecule has 0 spiro atoms.